The molecule has 0 atom stereocenters. The van der Waals surface area contributed by atoms with Crippen molar-refractivity contribution in [1.82, 2.24) is 9.05 Å². The molecular weight excluding hydrogens is 759 g/mol. The van der Waals surface area contributed by atoms with Gasteiger partial charge in [-0.2, -0.15) is 0 Å². The number of aryl methyl sites for hydroxylation is 4. The minimum atomic E-state index is -0.0585. The number of benzene rings is 8. The van der Waals surface area contributed by atoms with Gasteiger partial charge >= 0.3 is 6.85 Å². The maximum Gasteiger partial charge on any atom is 0.333 e. The van der Waals surface area contributed by atoms with Gasteiger partial charge in [0.2, 0.25) is 0 Å². The number of rotatable bonds is 3. The number of hydrogen-bond acceptors (Lipinski definition) is 0. The highest BCUT2D eigenvalue weighted by Gasteiger charge is 2.43. The Morgan fingerprint density at radius 3 is 1.67 bits per heavy atom. The summed E-state index contributed by atoms with van der Waals surface area (Å²) in [5.74, 6) is 0. The van der Waals surface area contributed by atoms with E-state index in [1.54, 1.807) is 0 Å². The Hall–Kier alpha value is -6.58. The van der Waals surface area contributed by atoms with Gasteiger partial charge in [-0.1, -0.05) is 133 Å². The van der Waals surface area contributed by atoms with E-state index in [9.17, 15) is 0 Å². The van der Waals surface area contributed by atoms with Crippen LogP contribution >= 0.6 is 0 Å². The molecule has 0 unspecified atom stereocenters. The number of nitrogens with zero attached hydrogens (tertiary/aromatic N) is 2. The highest BCUT2D eigenvalue weighted by Crippen LogP contribution is 2.49. The van der Waals surface area contributed by atoms with E-state index in [2.05, 4.69) is 218 Å². The second-order valence-corrected chi connectivity index (χ2v) is 20.8. The fourth-order valence-electron chi connectivity index (χ4n) is 11.7. The van der Waals surface area contributed by atoms with E-state index >= 15 is 0 Å². The van der Waals surface area contributed by atoms with E-state index in [4.69, 9.17) is 0 Å². The van der Waals surface area contributed by atoms with Crippen LogP contribution in [0.2, 0.25) is 0 Å². The molecule has 0 saturated carbocycles. The Balaban J connectivity index is 1.31. The zero-order chi connectivity index (χ0) is 43.4. The van der Waals surface area contributed by atoms with E-state index in [1.807, 2.05) is 0 Å². The molecule has 0 aliphatic carbocycles. The SMILES string of the molecule is Cc1cccc(C)c1-c1ccc2c(c1)c1cc(-c3c(C)cccc3C)cc3c1n2B1c2c(ccc(-c4ccccc4)c2-3)-n2c3ccc(C(C)(C)C)cc3c3cc(C(C)(C)C)cc1c32. The van der Waals surface area contributed by atoms with E-state index in [-0.39, 0.29) is 17.7 Å². The summed E-state index contributed by atoms with van der Waals surface area (Å²) in [7, 11) is 0. The lowest BCUT2D eigenvalue weighted by molar-refractivity contribution is 0.590. The summed E-state index contributed by atoms with van der Waals surface area (Å²) in [4.78, 5) is 0. The van der Waals surface area contributed by atoms with Gasteiger partial charge in [0, 0.05) is 43.8 Å². The van der Waals surface area contributed by atoms with Crippen LogP contribution in [0.1, 0.15) is 74.9 Å². The lowest BCUT2D eigenvalue weighted by atomic mass is 9.45. The fraction of sp³-hybridized carbons (Fsp3) is 0.200. The Bertz CT molecular complexity index is 3580. The van der Waals surface area contributed by atoms with Gasteiger partial charge in [0.05, 0.1) is 11.0 Å². The van der Waals surface area contributed by atoms with Crippen molar-refractivity contribution in [3.8, 4) is 50.2 Å². The predicted molar refractivity (Wildman–Crippen MR) is 272 cm³/mol. The highest BCUT2D eigenvalue weighted by molar-refractivity contribution is 6.90. The zero-order valence-electron chi connectivity index (χ0n) is 38.3. The molecule has 2 aromatic heterocycles. The molecule has 0 radical (unpaired) electrons. The summed E-state index contributed by atoms with van der Waals surface area (Å²) in [6.45, 7) is 23.1. The molecule has 306 valence electrons. The van der Waals surface area contributed by atoms with Crippen molar-refractivity contribution in [1.29, 1.82) is 0 Å². The van der Waals surface area contributed by atoms with Crippen molar-refractivity contribution in [2.24, 2.45) is 0 Å². The minimum Gasteiger partial charge on any atom is -0.375 e. The summed E-state index contributed by atoms with van der Waals surface area (Å²) in [5.41, 5.74) is 27.5. The maximum atomic E-state index is 2.76. The molecule has 0 amide bonds. The van der Waals surface area contributed by atoms with Gasteiger partial charge < -0.3 is 9.05 Å². The topological polar surface area (TPSA) is 9.86 Å². The van der Waals surface area contributed by atoms with Gasteiger partial charge in [-0.05, 0) is 170 Å². The van der Waals surface area contributed by atoms with Gasteiger partial charge in [-0.25, -0.2) is 0 Å². The Kier molecular flexibility index (Phi) is 7.86. The molecule has 63 heavy (non-hydrogen) atoms. The molecule has 2 nitrogen and oxygen atoms in total. The Morgan fingerprint density at radius 2 is 1.00 bits per heavy atom. The smallest absolute Gasteiger partial charge is 0.333 e. The van der Waals surface area contributed by atoms with Crippen LogP contribution in [0.5, 0.6) is 0 Å². The van der Waals surface area contributed by atoms with Crippen molar-refractivity contribution in [3.63, 3.8) is 0 Å². The van der Waals surface area contributed by atoms with Gasteiger partial charge in [-0.3, -0.25) is 0 Å². The van der Waals surface area contributed by atoms with Crippen molar-refractivity contribution in [2.75, 3.05) is 0 Å². The lowest BCUT2D eigenvalue weighted by Gasteiger charge is -2.36. The van der Waals surface area contributed by atoms with Crippen molar-refractivity contribution in [3.05, 3.63) is 173 Å². The average Bonchev–Trinajstić information content (AvgIpc) is 3.76. The highest BCUT2D eigenvalue weighted by atomic mass is 15.0. The summed E-state index contributed by atoms with van der Waals surface area (Å²) in [6, 6.07) is 54.2. The van der Waals surface area contributed by atoms with Crippen LogP contribution in [0.25, 0.3) is 93.8 Å². The van der Waals surface area contributed by atoms with Gasteiger partial charge in [0.15, 0.2) is 0 Å². The van der Waals surface area contributed by atoms with Crippen LogP contribution < -0.4 is 10.9 Å². The number of aromatic nitrogens is 2. The van der Waals surface area contributed by atoms with Crippen LogP contribution in [-0.2, 0) is 10.8 Å². The maximum absolute atomic E-state index is 2.76. The molecule has 8 aromatic carbocycles. The first-order chi connectivity index (χ1) is 30.2. The first kappa shape index (κ1) is 38.1. The van der Waals surface area contributed by atoms with Crippen LogP contribution in [0.15, 0.2) is 140 Å². The first-order valence-corrected chi connectivity index (χ1v) is 22.8. The van der Waals surface area contributed by atoms with E-state index in [0.29, 0.717) is 0 Å². The molecule has 2 aliphatic heterocycles. The van der Waals surface area contributed by atoms with Gasteiger partial charge in [0.25, 0.3) is 0 Å². The summed E-state index contributed by atoms with van der Waals surface area (Å²) in [5, 5.41) is 5.30. The second kappa shape index (κ2) is 13.0. The third-order valence-corrected chi connectivity index (χ3v) is 14.7. The molecule has 0 N–H and O–H groups in total. The summed E-state index contributed by atoms with van der Waals surface area (Å²) >= 11 is 0. The predicted octanol–water partition coefficient (Wildman–Crippen LogP) is 14.7. The molecule has 0 saturated heterocycles. The molecule has 0 fully saturated rings. The van der Waals surface area contributed by atoms with Crippen LogP contribution in [0.4, 0.5) is 0 Å². The van der Waals surface area contributed by atoms with Crippen molar-refractivity contribution >= 4 is 61.4 Å². The Labute approximate surface area is 371 Å². The van der Waals surface area contributed by atoms with E-state index in [0.717, 1.165) is 0 Å². The molecular formula is C60H53BN2. The van der Waals surface area contributed by atoms with E-state index < -0.39 is 0 Å². The normalized spacial score (nSPS) is 13.2. The standard InChI is InChI=1S/C60H53BN2/c1-34-16-14-17-35(2)53(34)39-22-25-51-44(28-39)46-29-40(54-36(3)18-15-19-37(54)4)30-48-55-43(38-20-12-11-13-21-38)24-27-52-56(55)61(63(51)57(46)48)49-33-42(60(8,9)10)32-47-45-31-41(59(5,6)7)23-26-50(45)62(52)58(47)49/h11-33H,1-10H3. The monoisotopic (exact) mass is 812 g/mol. The second-order valence-electron chi connectivity index (χ2n) is 20.8. The molecule has 10 aromatic rings. The zero-order valence-corrected chi connectivity index (χ0v) is 38.3. The van der Waals surface area contributed by atoms with Crippen molar-refractivity contribution < 1.29 is 0 Å². The quantitative estimate of drug-likeness (QED) is 0.157. The molecule has 0 spiro atoms. The third-order valence-electron chi connectivity index (χ3n) is 14.7. The molecule has 0 bridgehead atoms. The van der Waals surface area contributed by atoms with Gasteiger partial charge in [0.1, 0.15) is 0 Å². The van der Waals surface area contributed by atoms with Gasteiger partial charge in [-0.15, -0.1) is 0 Å². The third kappa shape index (κ3) is 5.32. The summed E-state index contributed by atoms with van der Waals surface area (Å²) in [6.07, 6.45) is 0. The Morgan fingerprint density at radius 1 is 0.413 bits per heavy atom. The van der Waals surface area contributed by atoms with E-state index in [1.165, 1.54) is 138 Å². The first-order valence-electron chi connectivity index (χ1n) is 22.8. The average molecular weight is 813 g/mol. The summed E-state index contributed by atoms with van der Waals surface area (Å²) < 4.78 is 5.39. The minimum absolute atomic E-state index is 0.0224. The van der Waals surface area contributed by atoms with Crippen LogP contribution in [0, 0.1) is 27.7 Å². The molecule has 2 aliphatic rings. The number of hydrogen-bond donors (Lipinski definition) is 0. The molecule has 3 heteroatoms. The number of fused-ring (bicyclic) bond motifs is 10. The van der Waals surface area contributed by atoms with Crippen molar-refractivity contribution in [2.45, 2.75) is 80.1 Å². The van der Waals surface area contributed by atoms with Crippen LogP contribution in [0.3, 0.4) is 0 Å². The fourth-order valence-corrected chi connectivity index (χ4v) is 11.7. The molecule has 12 rings (SSSR count). The lowest BCUT2D eigenvalue weighted by Crippen LogP contribution is -2.55. The van der Waals surface area contributed by atoms with Crippen LogP contribution in [-0.4, -0.2) is 15.9 Å². The molecule has 4 heterocycles. The largest absolute Gasteiger partial charge is 0.375 e.